The van der Waals surface area contributed by atoms with E-state index in [2.05, 4.69) is 24.0 Å². The second-order valence-electron chi connectivity index (χ2n) is 7.26. The van der Waals surface area contributed by atoms with Crippen LogP contribution in [-0.2, 0) is 11.0 Å². The fourth-order valence-corrected chi connectivity index (χ4v) is 3.67. The van der Waals surface area contributed by atoms with Gasteiger partial charge < -0.3 is 9.64 Å². The minimum atomic E-state index is -4.56. The third kappa shape index (κ3) is 4.71. The lowest BCUT2D eigenvalue weighted by molar-refractivity contribution is -0.138. The quantitative estimate of drug-likeness (QED) is 0.769. The summed E-state index contributed by atoms with van der Waals surface area (Å²) in [5, 5.41) is 5.02. The van der Waals surface area contributed by atoms with Crippen LogP contribution in [0.15, 0.2) is 11.3 Å². The molecule has 0 unspecified atom stereocenters. The van der Waals surface area contributed by atoms with E-state index in [0.717, 1.165) is 24.1 Å². The Kier molecular flexibility index (Phi) is 5.46. The van der Waals surface area contributed by atoms with Crippen LogP contribution in [0.2, 0.25) is 0 Å². The van der Waals surface area contributed by atoms with E-state index in [-0.39, 0.29) is 40.5 Å². The zero-order chi connectivity index (χ0) is 19.0. The number of hydrogen-bond acceptors (Lipinski definition) is 5. The van der Waals surface area contributed by atoms with E-state index < -0.39 is 11.2 Å². The highest BCUT2D eigenvalue weighted by atomic mass is 32.1. The lowest BCUT2D eigenvalue weighted by Gasteiger charge is -2.30. The van der Waals surface area contributed by atoms with Crippen LogP contribution in [0.1, 0.15) is 52.5 Å². The van der Waals surface area contributed by atoms with Crippen LogP contribution in [-0.4, -0.2) is 33.7 Å². The number of hydrogen-bond donors (Lipinski definition) is 0. The molecule has 0 aromatic carbocycles. The minimum absolute atomic E-state index is 0.0740. The third-order valence-electron chi connectivity index (χ3n) is 3.93. The van der Waals surface area contributed by atoms with Crippen LogP contribution >= 0.6 is 11.3 Å². The van der Waals surface area contributed by atoms with Gasteiger partial charge in [-0.05, 0) is 39.0 Å². The largest absolute Gasteiger partial charge is 0.459 e. The van der Waals surface area contributed by atoms with Crippen LogP contribution < -0.4 is 4.74 Å². The van der Waals surface area contributed by atoms with Crippen molar-refractivity contribution in [2.45, 2.75) is 59.7 Å². The Morgan fingerprint density at radius 1 is 1.32 bits per heavy atom. The summed E-state index contributed by atoms with van der Waals surface area (Å²) < 4.78 is 42.7. The Morgan fingerprint density at radius 3 is 2.40 bits per heavy atom. The summed E-state index contributed by atoms with van der Waals surface area (Å²) in [7, 11) is 0. The Bertz CT molecular complexity index is 680. The molecule has 0 bridgehead atoms. The van der Waals surface area contributed by atoms with Gasteiger partial charge in [-0.3, -0.25) is 4.79 Å². The van der Waals surface area contributed by atoms with E-state index in [9.17, 15) is 18.0 Å². The lowest BCUT2D eigenvalue weighted by atomic mass is 9.89. The number of halogens is 3. The second-order valence-corrected chi connectivity index (χ2v) is 8.20. The molecule has 0 atom stereocenters. The molecule has 0 radical (unpaired) electrons. The maximum absolute atomic E-state index is 12.6. The molecule has 1 aliphatic rings. The third-order valence-corrected chi connectivity index (χ3v) is 4.81. The zero-order valence-corrected chi connectivity index (χ0v) is 15.7. The van der Waals surface area contributed by atoms with Crippen molar-refractivity contribution in [2.75, 3.05) is 6.61 Å². The molecule has 0 N–H and O–H groups in total. The molecule has 25 heavy (non-hydrogen) atoms. The molecule has 5 nitrogen and oxygen atoms in total. The zero-order valence-electron chi connectivity index (χ0n) is 14.9. The van der Waals surface area contributed by atoms with Crippen LogP contribution in [0.4, 0.5) is 13.2 Å². The van der Waals surface area contributed by atoms with Crippen molar-refractivity contribution in [1.29, 1.82) is 0 Å². The number of carbonyl (C=O) groups is 1. The van der Waals surface area contributed by atoms with E-state index in [1.165, 1.54) is 0 Å². The average molecular weight is 377 g/mol. The normalized spacial score (nSPS) is 17.3. The van der Waals surface area contributed by atoms with Gasteiger partial charge in [0.1, 0.15) is 0 Å². The van der Waals surface area contributed by atoms with Gasteiger partial charge in [0.25, 0.3) is 11.1 Å². The van der Waals surface area contributed by atoms with Crippen molar-refractivity contribution in [3.63, 3.8) is 0 Å². The van der Waals surface area contributed by atoms with Crippen molar-refractivity contribution in [2.24, 2.45) is 5.41 Å². The molecule has 0 fully saturated rings. The monoisotopic (exact) mass is 377 g/mol. The number of aromatic nitrogens is 2. The van der Waals surface area contributed by atoms with Gasteiger partial charge >= 0.3 is 6.18 Å². The van der Waals surface area contributed by atoms with Gasteiger partial charge in [-0.1, -0.05) is 35.9 Å². The van der Waals surface area contributed by atoms with Crippen molar-refractivity contribution in [3.05, 3.63) is 16.3 Å². The van der Waals surface area contributed by atoms with Crippen molar-refractivity contribution >= 4 is 17.2 Å². The standard InChI is InChI=1S/C16H22F3N3O2S/c1-9(2)22(11-7-15(4,5)6-10(11)3)12(23)8-24-14-21-20-13(25-14)16(17,18)19/h9H,6-8H2,1-5H3. The molecule has 1 amide bonds. The predicted octanol–water partition coefficient (Wildman–Crippen LogP) is 4.27. The van der Waals surface area contributed by atoms with E-state index in [1.807, 2.05) is 20.8 Å². The van der Waals surface area contributed by atoms with E-state index in [4.69, 9.17) is 4.74 Å². The summed E-state index contributed by atoms with van der Waals surface area (Å²) in [4.78, 5) is 14.3. The highest BCUT2D eigenvalue weighted by Gasteiger charge is 2.37. The Labute approximate surface area is 148 Å². The number of ether oxygens (including phenoxy) is 1. The minimum Gasteiger partial charge on any atom is -0.459 e. The number of carbonyl (C=O) groups excluding carboxylic acids is 1. The molecule has 1 aromatic rings. The smallest absolute Gasteiger partial charge is 0.445 e. The number of nitrogens with zero attached hydrogens (tertiary/aromatic N) is 3. The summed E-state index contributed by atoms with van der Waals surface area (Å²) in [5.74, 6) is -0.300. The molecule has 0 saturated heterocycles. The molecule has 2 rings (SSSR count). The van der Waals surface area contributed by atoms with Gasteiger partial charge in [-0.2, -0.15) is 13.2 Å². The SMILES string of the molecule is CC1=C(N(C(=O)COc2nnc(C(F)(F)F)s2)C(C)C)CC(C)(C)C1. The molecule has 0 aliphatic heterocycles. The molecular weight excluding hydrogens is 355 g/mol. The average Bonchev–Trinajstić information content (AvgIpc) is 3.01. The molecule has 0 saturated carbocycles. The highest BCUT2D eigenvalue weighted by molar-refractivity contribution is 7.13. The topological polar surface area (TPSA) is 55.3 Å². The molecule has 1 aromatic heterocycles. The predicted molar refractivity (Wildman–Crippen MR) is 88.1 cm³/mol. The van der Waals surface area contributed by atoms with Gasteiger partial charge in [-0.25, -0.2) is 0 Å². The fraction of sp³-hybridized carbons (Fsp3) is 0.688. The van der Waals surface area contributed by atoms with Crippen molar-refractivity contribution in [1.82, 2.24) is 15.1 Å². The first-order valence-corrected chi connectivity index (χ1v) is 8.76. The number of allylic oxidation sites excluding steroid dienone is 2. The molecule has 0 spiro atoms. The second kappa shape index (κ2) is 6.93. The maximum atomic E-state index is 12.6. The van der Waals surface area contributed by atoms with E-state index >= 15 is 0 Å². The molecular formula is C16H22F3N3O2S. The molecule has 9 heteroatoms. The lowest BCUT2D eigenvalue weighted by Crippen LogP contribution is -2.39. The Hall–Kier alpha value is -1.64. The summed E-state index contributed by atoms with van der Waals surface area (Å²) in [6, 6.07) is -0.0740. The van der Waals surface area contributed by atoms with Crippen LogP contribution in [0.5, 0.6) is 5.19 Å². The van der Waals surface area contributed by atoms with Gasteiger partial charge in [0, 0.05) is 11.7 Å². The maximum Gasteiger partial charge on any atom is 0.445 e. The Morgan fingerprint density at radius 2 is 1.96 bits per heavy atom. The van der Waals surface area contributed by atoms with Gasteiger partial charge in [0.15, 0.2) is 6.61 Å². The van der Waals surface area contributed by atoms with E-state index in [0.29, 0.717) is 0 Å². The van der Waals surface area contributed by atoms with Crippen LogP contribution in [0.3, 0.4) is 0 Å². The summed E-state index contributed by atoms with van der Waals surface area (Å²) in [6.45, 7) is 9.72. The molecule has 1 aliphatic carbocycles. The fourth-order valence-electron chi connectivity index (χ4n) is 3.10. The summed E-state index contributed by atoms with van der Waals surface area (Å²) in [6.07, 6.45) is -2.88. The van der Waals surface area contributed by atoms with Crippen LogP contribution in [0.25, 0.3) is 0 Å². The highest BCUT2D eigenvalue weighted by Crippen LogP contribution is 2.43. The van der Waals surface area contributed by atoms with Gasteiger partial charge in [-0.15, -0.1) is 5.10 Å². The van der Waals surface area contributed by atoms with Gasteiger partial charge in [0.05, 0.1) is 0 Å². The van der Waals surface area contributed by atoms with Crippen molar-refractivity contribution in [3.8, 4) is 5.19 Å². The first-order valence-electron chi connectivity index (χ1n) is 7.95. The molecule has 140 valence electrons. The van der Waals surface area contributed by atoms with Crippen molar-refractivity contribution < 1.29 is 22.7 Å². The van der Waals surface area contributed by atoms with Gasteiger partial charge in [0.2, 0.25) is 5.01 Å². The first-order chi connectivity index (χ1) is 11.4. The summed E-state index contributed by atoms with van der Waals surface area (Å²) >= 11 is 0.282. The first kappa shape index (κ1) is 19.7. The Balaban J connectivity index is 2.07. The summed E-state index contributed by atoms with van der Waals surface area (Å²) in [5.41, 5.74) is 2.22. The van der Waals surface area contributed by atoms with Crippen LogP contribution in [0, 0.1) is 5.41 Å². The number of amides is 1. The molecule has 1 heterocycles. The number of alkyl halides is 3. The number of rotatable bonds is 5. The van der Waals surface area contributed by atoms with E-state index in [1.54, 1.807) is 4.90 Å².